The minimum absolute atomic E-state index is 0.940. The molecule has 0 aliphatic heterocycles. The Morgan fingerprint density at radius 3 is 1.69 bits per heavy atom. The molecule has 0 fully saturated rings. The van der Waals surface area contributed by atoms with Gasteiger partial charge in [0.1, 0.15) is 0 Å². The number of hydrogen-bond acceptors (Lipinski definition) is 1. The van der Waals surface area contributed by atoms with E-state index in [1.54, 1.807) is 0 Å². The average molecular weight is 185 g/mol. The lowest BCUT2D eigenvalue weighted by atomic mass is 9.96. The fraction of sp³-hybridized carbons (Fsp3) is 1.00. The summed E-state index contributed by atoms with van der Waals surface area (Å²) < 4.78 is 0. The van der Waals surface area contributed by atoms with Crippen LogP contribution in [-0.2, 0) is 0 Å². The van der Waals surface area contributed by atoms with E-state index in [-0.39, 0.29) is 0 Å². The molecule has 1 heteroatoms. The van der Waals surface area contributed by atoms with Crippen LogP contribution in [-0.4, -0.2) is 25.5 Å². The molecule has 0 aliphatic rings. The van der Waals surface area contributed by atoms with Gasteiger partial charge in [0.2, 0.25) is 0 Å². The molecule has 0 atom stereocenters. The van der Waals surface area contributed by atoms with Gasteiger partial charge in [-0.3, -0.25) is 0 Å². The molecule has 0 aromatic carbocycles. The van der Waals surface area contributed by atoms with Crippen molar-refractivity contribution in [3.8, 4) is 0 Å². The summed E-state index contributed by atoms with van der Waals surface area (Å²) in [5.41, 5.74) is 0. The van der Waals surface area contributed by atoms with Crippen molar-refractivity contribution in [1.82, 2.24) is 4.90 Å². The first kappa shape index (κ1) is 13.0. The van der Waals surface area contributed by atoms with Crippen LogP contribution in [0.25, 0.3) is 0 Å². The summed E-state index contributed by atoms with van der Waals surface area (Å²) in [6.45, 7) is 5.85. The summed E-state index contributed by atoms with van der Waals surface area (Å²) in [6.07, 6.45) is 8.35. The zero-order chi connectivity index (χ0) is 10.1. The Bertz CT molecular complexity index is 91.3. The van der Waals surface area contributed by atoms with Crippen molar-refractivity contribution < 1.29 is 0 Å². The van der Waals surface area contributed by atoms with Gasteiger partial charge in [-0.25, -0.2) is 0 Å². The van der Waals surface area contributed by atoms with E-state index >= 15 is 0 Å². The van der Waals surface area contributed by atoms with Crippen LogP contribution >= 0.6 is 0 Å². The number of rotatable bonds is 8. The molecule has 0 heterocycles. The number of nitrogens with zero attached hydrogens (tertiary/aromatic N) is 1. The third-order valence-corrected chi connectivity index (χ3v) is 2.56. The van der Waals surface area contributed by atoms with Crippen LogP contribution in [0.4, 0.5) is 0 Å². The highest BCUT2D eigenvalue weighted by atomic mass is 15.1. The topological polar surface area (TPSA) is 3.24 Å². The smallest absolute Gasteiger partial charge is 0.000356 e. The van der Waals surface area contributed by atoms with E-state index in [1.807, 2.05) is 0 Å². The molecular weight excluding hydrogens is 158 g/mol. The predicted octanol–water partition coefficient (Wildman–Crippen LogP) is 3.54. The van der Waals surface area contributed by atoms with Gasteiger partial charge in [-0.2, -0.15) is 0 Å². The molecule has 0 amide bonds. The molecule has 0 saturated heterocycles. The lowest BCUT2D eigenvalue weighted by Gasteiger charge is -2.20. The highest BCUT2D eigenvalue weighted by Gasteiger charge is 2.08. The Kier molecular flexibility index (Phi) is 8.53. The van der Waals surface area contributed by atoms with E-state index in [2.05, 4.69) is 32.8 Å². The van der Waals surface area contributed by atoms with Crippen LogP contribution in [0.1, 0.15) is 52.4 Å². The molecule has 0 aliphatic carbocycles. The van der Waals surface area contributed by atoms with Gasteiger partial charge in [-0.15, -0.1) is 0 Å². The molecule has 0 saturated carbocycles. The standard InChI is InChI=1S/C12H27N/c1-5-7-9-12(10-8-6-2)11-13(3)4/h12H,5-11H2,1-4H3. The van der Waals surface area contributed by atoms with Crippen LogP contribution in [0.5, 0.6) is 0 Å². The lowest BCUT2D eigenvalue weighted by molar-refractivity contribution is 0.290. The van der Waals surface area contributed by atoms with E-state index in [4.69, 9.17) is 0 Å². The van der Waals surface area contributed by atoms with Crippen molar-refractivity contribution in [3.05, 3.63) is 0 Å². The summed E-state index contributed by atoms with van der Waals surface area (Å²) >= 11 is 0. The van der Waals surface area contributed by atoms with E-state index in [9.17, 15) is 0 Å². The van der Waals surface area contributed by atoms with E-state index in [0.29, 0.717) is 0 Å². The minimum Gasteiger partial charge on any atom is -0.309 e. The summed E-state index contributed by atoms with van der Waals surface area (Å²) in [5.74, 6) is 0.940. The van der Waals surface area contributed by atoms with Crippen LogP contribution in [0.15, 0.2) is 0 Å². The summed E-state index contributed by atoms with van der Waals surface area (Å²) in [5, 5.41) is 0. The van der Waals surface area contributed by atoms with Gasteiger partial charge < -0.3 is 4.90 Å². The molecular formula is C12H27N. The third-order valence-electron chi connectivity index (χ3n) is 2.56. The van der Waals surface area contributed by atoms with Gasteiger partial charge >= 0.3 is 0 Å². The van der Waals surface area contributed by atoms with Gasteiger partial charge in [0.05, 0.1) is 0 Å². The van der Waals surface area contributed by atoms with Crippen molar-refractivity contribution >= 4 is 0 Å². The summed E-state index contributed by atoms with van der Waals surface area (Å²) in [7, 11) is 4.37. The molecule has 13 heavy (non-hydrogen) atoms. The number of unbranched alkanes of at least 4 members (excludes halogenated alkanes) is 2. The van der Waals surface area contributed by atoms with E-state index in [1.165, 1.54) is 45.1 Å². The van der Waals surface area contributed by atoms with Crippen molar-refractivity contribution in [1.29, 1.82) is 0 Å². The predicted molar refractivity (Wildman–Crippen MR) is 61.1 cm³/mol. The summed E-state index contributed by atoms with van der Waals surface area (Å²) in [6, 6.07) is 0. The zero-order valence-electron chi connectivity index (χ0n) is 9.97. The maximum atomic E-state index is 2.33. The monoisotopic (exact) mass is 185 g/mol. The fourth-order valence-corrected chi connectivity index (χ4v) is 1.83. The van der Waals surface area contributed by atoms with Crippen LogP contribution in [0.3, 0.4) is 0 Å². The molecule has 0 spiro atoms. The Morgan fingerprint density at radius 1 is 0.923 bits per heavy atom. The first-order valence-corrected chi connectivity index (χ1v) is 5.85. The molecule has 0 unspecified atom stereocenters. The highest BCUT2D eigenvalue weighted by Crippen LogP contribution is 2.16. The van der Waals surface area contributed by atoms with E-state index in [0.717, 1.165) is 5.92 Å². The first-order chi connectivity index (χ1) is 6.20. The Labute approximate surface area is 84.5 Å². The van der Waals surface area contributed by atoms with Crippen LogP contribution in [0, 0.1) is 5.92 Å². The number of hydrogen-bond donors (Lipinski definition) is 0. The highest BCUT2D eigenvalue weighted by molar-refractivity contribution is 4.62. The molecule has 0 N–H and O–H groups in total. The van der Waals surface area contributed by atoms with Crippen LogP contribution < -0.4 is 0 Å². The van der Waals surface area contributed by atoms with Crippen molar-refractivity contribution in [2.75, 3.05) is 20.6 Å². The fourth-order valence-electron chi connectivity index (χ4n) is 1.83. The SMILES string of the molecule is CCCCC(CCCC)CN(C)C. The lowest BCUT2D eigenvalue weighted by Crippen LogP contribution is -2.21. The largest absolute Gasteiger partial charge is 0.309 e. The normalized spacial score (nSPS) is 11.5. The van der Waals surface area contributed by atoms with Gasteiger partial charge in [0.15, 0.2) is 0 Å². The minimum atomic E-state index is 0.940. The third kappa shape index (κ3) is 8.29. The van der Waals surface area contributed by atoms with Gasteiger partial charge in [-0.1, -0.05) is 39.5 Å². The molecule has 0 rings (SSSR count). The molecule has 0 aromatic rings. The molecule has 80 valence electrons. The van der Waals surface area contributed by atoms with Gasteiger partial charge in [0, 0.05) is 6.54 Å². The first-order valence-electron chi connectivity index (χ1n) is 5.85. The Balaban J connectivity index is 3.60. The zero-order valence-corrected chi connectivity index (χ0v) is 9.97. The average Bonchev–Trinajstić information content (AvgIpc) is 2.09. The van der Waals surface area contributed by atoms with Gasteiger partial charge in [-0.05, 0) is 32.9 Å². The molecule has 0 bridgehead atoms. The maximum Gasteiger partial charge on any atom is 0.000356 e. The van der Waals surface area contributed by atoms with Crippen molar-refractivity contribution in [3.63, 3.8) is 0 Å². The Morgan fingerprint density at radius 2 is 1.38 bits per heavy atom. The van der Waals surface area contributed by atoms with Crippen LogP contribution in [0.2, 0.25) is 0 Å². The molecule has 1 nitrogen and oxygen atoms in total. The summed E-state index contributed by atoms with van der Waals surface area (Å²) in [4.78, 5) is 2.33. The van der Waals surface area contributed by atoms with E-state index < -0.39 is 0 Å². The Hall–Kier alpha value is -0.0400. The second-order valence-corrected chi connectivity index (χ2v) is 4.41. The molecule has 0 radical (unpaired) electrons. The molecule has 0 aromatic heterocycles. The quantitative estimate of drug-likeness (QED) is 0.559. The second kappa shape index (κ2) is 8.55. The van der Waals surface area contributed by atoms with Crippen molar-refractivity contribution in [2.45, 2.75) is 52.4 Å². The maximum absolute atomic E-state index is 2.33. The van der Waals surface area contributed by atoms with Crippen molar-refractivity contribution in [2.24, 2.45) is 5.92 Å². The van der Waals surface area contributed by atoms with Gasteiger partial charge in [0.25, 0.3) is 0 Å². The second-order valence-electron chi connectivity index (χ2n) is 4.41.